The van der Waals surface area contributed by atoms with Crippen molar-refractivity contribution in [2.24, 2.45) is 5.92 Å². The van der Waals surface area contributed by atoms with Crippen molar-refractivity contribution in [2.75, 3.05) is 10.6 Å². The van der Waals surface area contributed by atoms with Crippen molar-refractivity contribution in [3.8, 4) is 0 Å². The van der Waals surface area contributed by atoms with E-state index in [-0.39, 0.29) is 17.9 Å². The summed E-state index contributed by atoms with van der Waals surface area (Å²) in [7, 11) is 0. The predicted molar refractivity (Wildman–Crippen MR) is 91.4 cm³/mol. The summed E-state index contributed by atoms with van der Waals surface area (Å²) in [5.74, 6) is 0.558. The van der Waals surface area contributed by atoms with Crippen molar-refractivity contribution in [3.05, 3.63) is 23.8 Å². The summed E-state index contributed by atoms with van der Waals surface area (Å²) in [4.78, 5) is 23.8. The lowest BCUT2D eigenvalue weighted by Gasteiger charge is -2.24. The van der Waals surface area contributed by atoms with E-state index >= 15 is 0 Å². The van der Waals surface area contributed by atoms with Gasteiger partial charge in [0.2, 0.25) is 11.8 Å². The molecule has 23 heavy (non-hydrogen) atoms. The van der Waals surface area contributed by atoms with E-state index in [1.165, 1.54) is 32.6 Å². The normalized spacial score (nSPS) is 26.4. The summed E-state index contributed by atoms with van der Waals surface area (Å²) < 4.78 is 0. The number of nitrogens with one attached hydrogen (secondary N) is 3. The number of aryl methyl sites for hydroxylation is 1. The van der Waals surface area contributed by atoms with Gasteiger partial charge in [0.25, 0.3) is 0 Å². The molecule has 2 aliphatic rings. The third kappa shape index (κ3) is 3.72. The molecule has 1 heterocycles. The number of fused-ring (bicyclic) bond motifs is 1. The lowest BCUT2D eigenvalue weighted by Crippen LogP contribution is -2.39. The minimum Gasteiger partial charge on any atom is -0.326 e. The second-order valence-electron chi connectivity index (χ2n) is 6.81. The fourth-order valence-corrected chi connectivity index (χ4v) is 3.77. The molecule has 1 aromatic carbocycles. The second-order valence-corrected chi connectivity index (χ2v) is 6.81. The number of hydrogen-bond donors (Lipinski definition) is 3. The second kappa shape index (κ2) is 6.71. The van der Waals surface area contributed by atoms with Gasteiger partial charge in [-0.1, -0.05) is 18.9 Å². The van der Waals surface area contributed by atoms with Crippen molar-refractivity contribution >= 4 is 23.2 Å². The number of carbonyl (C=O) groups excluding carboxylic acids is 2. The lowest BCUT2D eigenvalue weighted by atomic mass is 9.85. The first-order chi connectivity index (χ1) is 11.0. The Labute approximate surface area is 137 Å². The molecule has 0 bridgehead atoms. The summed E-state index contributed by atoms with van der Waals surface area (Å²) in [5, 5.41) is 9.26. The average molecular weight is 315 g/mol. The van der Waals surface area contributed by atoms with E-state index in [4.69, 9.17) is 0 Å². The number of hydrogen-bond acceptors (Lipinski definition) is 3. The van der Waals surface area contributed by atoms with Gasteiger partial charge >= 0.3 is 0 Å². The fourth-order valence-electron chi connectivity index (χ4n) is 3.77. The Morgan fingerprint density at radius 1 is 1.17 bits per heavy atom. The van der Waals surface area contributed by atoms with E-state index in [1.807, 2.05) is 25.1 Å². The minimum absolute atomic E-state index is 0.0250. The van der Waals surface area contributed by atoms with Gasteiger partial charge in [-0.15, -0.1) is 0 Å². The van der Waals surface area contributed by atoms with Crippen molar-refractivity contribution in [1.82, 2.24) is 5.32 Å². The molecule has 1 aliphatic carbocycles. The smallest absolute Gasteiger partial charge is 0.241 e. The van der Waals surface area contributed by atoms with Crippen LogP contribution in [0.15, 0.2) is 18.2 Å². The highest BCUT2D eigenvalue weighted by molar-refractivity contribution is 5.96. The summed E-state index contributed by atoms with van der Waals surface area (Å²) in [6, 6.07) is 6.00. The maximum Gasteiger partial charge on any atom is 0.241 e. The molecule has 0 aromatic heterocycles. The molecule has 5 heteroatoms. The number of amides is 2. The Kier molecular flexibility index (Phi) is 4.66. The van der Waals surface area contributed by atoms with Gasteiger partial charge in [0.15, 0.2) is 0 Å². The first-order valence-electron chi connectivity index (χ1n) is 8.48. The molecule has 0 radical (unpaired) electrons. The SMILES string of the molecule is CC(=O)Nc1cc(NC(=O)C2CC3CCCCC3N2)ccc1C. The first-order valence-corrected chi connectivity index (χ1v) is 8.48. The van der Waals surface area contributed by atoms with Crippen molar-refractivity contribution in [2.45, 2.75) is 58.0 Å². The van der Waals surface area contributed by atoms with Crippen LogP contribution in [0.1, 0.15) is 44.6 Å². The molecular formula is C18H25N3O2. The van der Waals surface area contributed by atoms with E-state index in [2.05, 4.69) is 16.0 Å². The zero-order valence-corrected chi connectivity index (χ0v) is 13.8. The maximum absolute atomic E-state index is 12.5. The molecule has 1 aliphatic heterocycles. The molecular weight excluding hydrogens is 290 g/mol. The quantitative estimate of drug-likeness (QED) is 0.803. The summed E-state index contributed by atoms with van der Waals surface area (Å²) in [5.41, 5.74) is 2.44. The first kappa shape index (κ1) is 16.0. The number of benzene rings is 1. The summed E-state index contributed by atoms with van der Waals surface area (Å²) in [6.07, 6.45) is 5.90. The molecule has 3 N–H and O–H groups in total. The largest absolute Gasteiger partial charge is 0.326 e. The predicted octanol–water partition coefficient (Wildman–Crippen LogP) is 2.81. The molecule has 1 saturated heterocycles. The highest BCUT2D eigenvalue weighted by Crippen LogP contribution is 2.33. The van der Waals surface area contributed by atoms with E-state index < -0.39 is 0 Å². The Bertz CT molecular complexity index is 600. The third-order valence-electron chi connectivity index (χ3n) is 5.00. The van der Waals surface area contributed by atoms with Crippen molar-refractivity contribution in [1.29, 1.82) is 0 Å². The maximum atomic E-state index is 12.5. The van der Waals surface area contributed by atoms with Gasteiger partial charge < -0.3 is 16.0 Å². The molecule has 0 spiro atoms. The molecule has 1 aromatic rings. The van der Waals surface area contributed by atoms with Crippen molar-refractivity contribution in [3.63, 3.8) is 0 Å². The summed E-state index contributed by atoms with van der Waals surface area (Å²) in [6.45, 7) is 3.41. The molecule has 124 valence electrons. The Morgan fingerprint density at radius 2 is 1.96 bits per heavy atom. The van der Waals surface area contributed by atoms with E-state index in [0.717, 1.165) is 23.4 Å². The monoisotopic (exact) mass is 315 g/mol. The Hall–Kier alpha value is -1.88. The number of anilines is 2. The lowest BCUT2D eigenvalue weighted by molar-refractivity contribution is -0.118. The molecule has 2 amide bonds. The molecule has 2 fully saturated rings. The zero-order valence-electron chi connectivity index (χ0n) is 13.8. The average Bonchev–Trinajstić information content (AvgIpc) is 2.94. The van der Waals surface area contributed by atoms with Crippen LogP contribution >= 0.6 is 0 Å². The molecule has 3 rings (SSSR count). The Balaban J connectivity index is 1.65. The molecule has 5 nitrogen and oxygen atoms in total. The van der Waals surface area contributed by atoms with Crippen LogP contribution in [0, 0.1) is 12.8 Å². The van der Waals surface area contributed by atoms with Gasteiger partial charge in [0.05, 0.1) is 6.04 Å². The van der Waals surface area contributed by atoms with Crippen LogP contribution in [0.2, 0.25) is 0 Å². The highest BCUT2D eigenvalue weighted by Gasteiger charge is 2.38. The third-order valence-corrected chi connectivity index (χ3v) is 5.00. The van der Waals surface area contributed by atoms with Crippen LogP contribution in [0.25, 0.3) is 0 Å². The Morgan fingerprint density at radius 3 is 2.70 bits per heavy atom. The van der Waals surface area contributed by atoms with Crippen LogP contribution in [0.4, 0.5) is 11.4 Å². The highest BCUT2D eigenvalue weighted by atomic mass is 16.2. The van der Waals surface area contributed by atoms with Crippen LogP contribution in [-0.4, -0.2) is 23.9 Å². The van der Waals surface area contributed by atoms with Gasteiger partial charge in [-0.2, -0.15) is 0 Å². The van der Waals surface area contributed by atoms with Gasteiger partial charge in [0.1, 0.15) is 0 Å². The van der Waals surface area contributed by atoms with Crippen LogP contribution in [0.3, 0.4) is 0 Å². The minimum atomic E-state index is -0.113. The zero-order chi connectivity index (χ0) is 16.4. The van der Waals surface area contributed by atoms with Gasteiger partial charge in [-0.05, 0) is 49.8 Å². The van der Waals surface area contributed by atoms with Crippen LogP contribution in [-0.2, 0) is 9.59 Å². The van der Waals surface area contributed by atoms with Crippen LogP contribution < -0.4 is 16.0 Å². The molecule has 1 saturated carbocycles. The number of carbonyl (C=O) groups is 2. The van der Waals surface area contributed by atoms with E-state index in [1.54, 1.807) is 0 Å². The van der Waals surface area contributed by atoms with E-state index in [9.17, 15) is 9.59 Å². The topological polar surface area (TPSA) is 70.2 Å². The standard InChI is InChI=1S/C18H25N3O2/c1-11-7-8-14(10-16(11)19-12(2)22)20-18(23)17-9-13-5-3-4-6-15(13)21-17/h7-8,10,13,15,17,21H,3-6,9H2,1-2H3,(H,19,22)(H,20,23). The van der Waals surface area contributed by atoms with Crippen LogP contribution in [0.5, 0.6) is 0 Å². The van der Waals surface area contributed by atoms with Gasteiger partial charge in [-0.25, -0.2) is 0 Å². The fraction of sp³-hybridized carbons (Fsp3) is 0.556. The summed E-state index contributed by atoms with van der Waals surface area (Å²) >= 11 is 0. The van der Waals surface area contributed by atoms with Crippen molar-refractivity contribution < 1.29 is 9.59 Å². The van der Waals surface area contributed by atoms with Gasteiger partial charge in [0, 0.05) is 24.3 Å². The van der Waals surface area contributed by atoms with E-state index in [0.29, 0.717) is 12.0 Å². The molecule has 3 atom stereocenters. The molecule has 3 unspecified atom stereocenters. The van der Waals surface area contributed by atoms with Gasteiger partial charge in [-0.3, -0.25) is 9.59 Å². The number of rotatable bonds is 3.